The van der Waals surface area contributed by atoms with E-state index in [9.17, 15) is 4.39 Å². The number of nitrogens with zero attached hydrogens (tertiary/aromatic N) is 6. The van der Waals surface area contributed by atoms with E-state index in [1.165, 1.54) is 6.07 Å². The molecule has 6 nitrogen and oxygen atoms in total. The molecule has 3 heterocycles. The lowest BCUT2D eigenvalue weighted by molar-refractivity contribution is 0.217. The molecule has 0 amide bonds. The van der Waals surface area contributed by atoms with Crippen LogP contribution in [-0.2, 0) is 0 Å². The number of benzene rings is 1. The molecule has 0 N–H and O–H groups in total. The molecule has 0 aliphatic carbocycles. The Morgan fingerprint density at radius 2 is 1.96 bits per heavy atom. The number of amidine groups is 2. The number of rotatable bonds is 0. The van der Waals surface area contributed by atoms with Gasteiger partial charge in [-0.3, -0.25) is 9.89 Å². The average molecular weight is 338 g/mol. The highest BCUT2D eigenvalue weighted by atomic mass is 19.1. The summed E-state index contributed by atoms with van der Waals surface area (Å²) in [5.41, 5.74) is 1.24. The second-order valence-electron chi connectivity index (χ2n) is 6.56. The van der Waals surface area contributed by atoms with Crippen LogP contribution in [0.3, 0.4) is 0 Å². The molecule has 0 bridgehead atoms. The predicted octanol–water partition coefficient (Wildman–Crippen LogP) is 2.11. The van der Waals surface area contributed by atoms with Crippen LogP contribution >= 0.6 is 0 Å². The first-order valence-corrected chi connectivity index (χ1v) is 8.38. The van der Waals surface area contributed by atoms with Gasteiger partial charge in [0.05, 0.1) is 23.0 Å². The van der Waals surface area contributed by atoms with Crippen molar-refractivity contribution in [3.8, 4) is 6.07 Å². The van der Waals surface area contributed by atoms with Crippen LogP contribution in [0.25, 0.3) is 0 Å². The molecular weight excluding hydrogens is 319 g/mol. The van der Waals surface area contributed by atoms with Crippen molar-refractivity contribution in [2.75, 3.05) is 38.1 Å². The minimum Gasteiger partial charge on any atom is -0.351 e. The van der Waals surface area contributed by atoms with Gasteiger partial charge in [-0.1, -0.05) is 0 Å². The monoisotopic (exact) mass is 338 g/mol. The second-order valence-corrected chi connectivity index (χ2v) is 6.56. The van der Waals surface area contributed by atoms with Crippen molar-refractivity contribution in [1.29, 1.82) is 5.26 Å². The Morgan fingerprint density at radius 3 is 2.68 bits per heavy atom. The van der Waals surface area contributed by atoms with Crippen LogP contribution in [0.1, 0.15) is 12.5 Å². The number of anilines is 1. The molecule has 4 rings (SSSR count). The van der Waals surface area contributed by atoms with E-state index in [-0.39, 0.29) is 11.6 Å². The lowest BCUT2D eigenvalue weighted by atomic mass is 10.1. The van der Waals surface area contributed by atoms with Gasteiger partial charge in [-0.15, -0.1) is 0 Å². The number of hydrogen-bond acceptors (Lipinski definition) is 6. The van der Waals surface area contributed by atoms with E-state index in [1.54, 1.807) is 6.07 Å². The van der Waals surface area contributed by atoms with Gasteiger partial charge in [0, 0.05) is 38.4 Å². The largest absolute Gasteiger partial charge is 0.351 e. The summed E-state index contributed by atoms with van der Waals surface area (Å²) in [5, 5.41) is 9.13. The smallest absolute Gasteiger partial charge is 0.176 e. The molecule has 1 fully saturated rings. The molecule has 1 atom stereocenters. The van der Waals surface area contributed by atoms with E-state index in [0.717, 1.165) is 37.9 Å². The normalized spacial score (nSPS) is 22.7. The van der Waals surface area contributed by atoms with Crippen molar-refractivity contribution in [3.63, 3.8) is 0 Å². The number of piperazine rings is 1. The first-order chi connectivity index (χ1) is 12.1. The zero-order valence-corrected chi connectivity index (χ0v) is 14.3. The number of hydrogen-bond donors (Lipinski definition) is 0. The third-order valence-corrected chi connectivity index (χ3v) is 4.74. The van der Waals surface area contributed by atoms with E-state index >= 15 is 0 Å². The van der Waals surface area contributed by atoms with Crippen LogP contribution in [0.15, 0.2) is 34.4 Å². The summed E-state index contributed by atoms with van der Waals surface area (Å²) < 4.78 is 14.1. The van der Waals surface area contributed by atoms with Crippen molar-refractivity contribution in [3.05, 3.63) is 35.8 Å². The maximum atomic E-state index is 14.1. The third kappa shape index (κ3) is 2.68. The summed E-state index contributed by atoms with van der Waals surface area (Å²) in [6.07, 6.45) is 3.92. The fourth-order valence-corrected chi connectivity index (χ4v) is 3.25. The van der Waals surface area contributed by atoms with Crippen molar-refractivity contribution >= 4 is 23.0 Å². The maximum Gasteiger partial charge on any atom is 0.176 e. The molecule has 128 valence electrons. The Bertz CT molecular complexity index is 842. The highest BCUT2D eigenvalue weighted by molar-refractivity contribution is 6.47. The van der Waals surface area contributed by atoms with Crippen LogP contribution in [0.5, 0.6) is 0 Å². The summed E-state index contributed by atoms with van der Waals surface area (Å²) in [4.78, 5) is 15.9. The van der Waals surface area contributed by atoms with E-state index < -0.39 is 5.82 Å². The molecule has 3 aliphatic heterocycles. The lowest BCUT2D eigenvalue weighted by Crippen LogP contribution is -2.53. The standard InChI is InChI=1S/C18H19FN6/c1-12-3-4-25-16-9-13(11-20)14(19)10-15(16)22-17(18(25)21-12)24-7-5-23(2)6-8-24/h3-4,9-10,12H,5-8H2,1-2H3. The van der Waals surface area contributed by atoms with Crippen molar-refractivity contribution in [1.82, 2.24) is 9.80 Å². The summed E-state index contributed by atoms with van der Waals surface area (Å²) >= 11 is 0. The minimum atomic E-state index is -0.544. The molecule has 0 saturated carbocycles. The second kappa shape index (κ2) is 5.97. The van der Waals surface area contributed by atoms with Gasteiger partial charge in [0.15, 0.2) is 11.7 Å². The Kier molecular flexibility index (Phi) is 3.77. The minimum absolute atomic E-state index is 0.0170. The summed E-state index contributed by atoms with van der Waals surface area (Å²) in [7, 11) is 2.10. The first kappa shape index (κ1) is 15.8. The molecule has 0 aromatic heterocycles. The molecule has 0 radical (unpaired) electrons. The van der Waals surface area contributed by atoms with Crippen LogP contribution in [0.2, 0.25) is 0 Å². The fourth-order valence-electron chi connectivity index (χ4n) is 3.25. The van der Waals surface area contributed by atoms with Crippen LogP contribution in [0, 0.1) is 17.1 Å². The van der Waals surface area contributed by atoms with Crippen LogP contribution < -0.4 is 4.90 Å². The summed E-state index contributed by atoms with van der Waals surface area (Å²) in [6, 6.07) is 4.84. The number of fused-ring (bicyclic) bond motifs is 3. The quantitative estimate of drug-likeness (QED) is 0.727. The number of aliphatic imine (C=N–C) groups is 2. The van der Waals surface area contributed by atoms with Gasteiger partial charge in [0.1, 0.15) is 11.9 Å². The highest BCUT2D eigenvalue weighted by Crippen LogP contribution is 2.37. The van der Waals surface area contributed by atoms with E-state index in [0.29, 0.717) is 11.4 Å². The Balaban J connectivity index is 1.83. The lowest BCUT2D eigenvalue weighted by Gasteiger charge is -2.39. The molecule has 0 spiro atoms. The molecular formula is C18H19FN6. The summed E-state index contributed by atoms with van der Waals surface area (Å²) in [6.45, 7) is 5.63. The number of likely N-dealkylation sites (N-methyl/N-ethyl adjacent to an activating group) is 1. The van der Waals surface area contributed by atoms with Gasteiger partial charge < -0.3 is 9.80 Å². The van der Waals surface area contributed by atoms with E-state index in [4.69, 9.17) is 15.2 Å². The Morgan fingerprint density at radius 1 is 1.20 bits per heavy atom. The highest BCUT2D eigenvalue weighted by Gasteiger charge is 2.32. The third-order valence-electron chi connectivity index (χ3n) is 4.74. The van der Waals surface area contributed by atoms with Crippen molar-refractivity contribution in [2.45, 2.75) is 13.0 Å². The molecule has 1 aromatic rings. The SMILES string of the molecule is CC1C=CN2C(=N1)C(N1CCN(C)CC1)=Nc1cc(F)c(C#N)cc12. The average Bonchev–Trinajstić information content (AvgIpc) is 2.61. The maximum absolute atomic E-state index is 14.1. The molecule has 7 heteroatoms. The van der Waals surface area contributed by atoms with Crippen molar-refractivity contribution < 1.29 is 4.39 Å². The van der Waals surface area contributed by atoms with Crippen LogP contribution in [0.4, 0.5) is 15.8 Å². The summed E-state index contributed by atoms with van der Waals surface area (Å²) in [5.74, 6) is 1.00. The predicted molar refractivity (Wildman–Crippen MR) is 95.8 cm³/mol. The number of nitriles is 1. The van der Waals surface area contributed by atoms with Gasteiger partial charge in [-0.05, 0) is 26.1 Å². The number of halogens is 1. The first-order valence-electron chi connectivity index (χ1n) is 8.38. The molecule has 25 heavy (non-hydrogen) atoms. The van der Waals surface area contributed by atoms with Crippen molar-refractivity contribution in [2.24, 2.45) is 9.98 Å². The van der Waals surface area contributed by atoms with Gasteiger partial charge in [0.2, 0.25) is 0 Å². The fraction of sp³-hybridized carbons (Fsp3) is 0.389. The van der Waals surface area contributed by atoms with E-state index in [1.807, 2.05) is 30.2 Å². The Hall–Kier alpha value is -2.72. The van der Waals surface area contributed by atoms with Gasteiger partial charge in [-0.25, -0.2) is 9.38 Å². The van der Waals surface area contributed by atoms with Crippen LogP contribution in [-0.4, -0.2) is 60.7 Å². The van der Waals surface area contributed by atoms with E-state index in [2.05, 4.69) is 16.8 Å². The molecule has 1 unspecified atom stereocenters. The topological polar surface area (TPSA) is 58.2 Å². The van der Waals surface area contributed by atoms with Gasteiger partial charge in [-0.2, -0.15) is 5.26 Å². The van der Waals surface area contributed by atoms with Gasteiger partial charge >= 0.3 is 0 Å². The zero-order chi connectivity index (χ0) is 17.6. The molecule has 1 saturated heterocycles. The Labute approximate surface area is 146 Å². The molecule has 3 aliphatic rings. The molecule has 1 aromatic carbocycles. The van der Waals surface area contributed by atoms with Gasteiger partial charge in [0.25, 0.3) is 0 Å². The zero-order valence-electron chi connectivity index (χ0n) is 14.3.